The van der Waals surface area contributed by atoms with Gasteiger partial charge in [-0.05, 0) is 30.7 Å². The minimum atomic E-state index is -0.0235. The first-order valence-electron chi connectivity index (χ1n) is 5.71. The highest BCUT2D eigenvalue weighted by Crippen LogP contribution is 2.24. The minimum absolute atomic E-state index is 0.0235. The summed E-state index contributed by atoms with van der Waals surface area (Å²) in [6, 6.07) is 2.34. The van der Waals surface area contributed by atoms with Gasteiger partial charge in [0.15, 0.2) is 0 Å². The summed E-state index contributed by atoms with van der Waals surface area (Å²) in [6.07, 6.45) is 5.00. The summed E-state index contributed by atoms with van der Waals surface area (Å²) in [5.41, 5.74) is 2.46. The smallest absolute Gasteiger partial charge is 0.255 e. The molecule has 1 aliphatic rings. The van der Waals surface area contributed by atoms with Crippen molar-refractivity contribution in [2.45, 2.75) is 25.3 Å². The number of aromatic amines is 1. The van der Waals surface area contributed by atoms with Gasteiger partial charge in [0.2, 0.25) is 0 Å². The molecule has 0 spiro atoms. The van der Waals surface area contributed by atoms with Gasteiger partial charge in [-0.1, -0.05) is 0 Å². The lowest BCUT2D eigenvalue weighted by atomic mass is 9.93. The van der Waals surface area contributed by atoms with Crippen LogP contribution < -0.4 is 5.32 Å². The second kappa shape index (κ2) is 4.33. The van der Waals surface area contributed by atoms with E-state index in [4.69, 9.17) is 0 Å². The molecule has 1 saturated carbocycles. The molecule has 0 atom stereocenters. The summed E-state index contributed by atoms with van der Waals surface area (Å²) >= 11 is 1.61. The highest BCUT2D eigenvalue weighted by Gasteiger charge is 2.22. The molecule has 0 aromatic carbocycles. The van der Waals surface area contributed by atoms with Crippen molar-refractivity contribution in [2.75, 3.05) is 0 Å². The number of hydrogen-bond donors (Lipinski definition) is 2. The maximum atomic E-state index is 12.1. The van der Waals surface area contributed by atoms with Crippen molar-refractivity contribution in [3.63, 3.8) is 0 Å². The average Bonchev–Trinajstić information content (AvgIpc) is 2.91. The van der Waals surface area contributed by atoms with Crippen molar-refractivity contribution in [1.29, 1.82) is 0 Å². The summed E-state index contributed by atoms with van der Waals surface area (Å²) < 4.78 is 0. The third-order valence-electron chi connectivity index (χ3n) is 3.13. The number of nitrogens with one attached hydrogen (secondary N) is 2. The molecule has 1 amide bonds. The van der Waals surface area contributed by atoms with Crippen molar-refractivity contribution in [1.82, 2.24) is 15.5 Å². The van der Waals surface area contributed by atoms with E-state index in [0.29, 0.717) is 11.6 Å². The largest absolute Gasteiger partial charge is 0.349 e. The minimum Gasteiger partial charge on any atom is -0.349 e. The molecular weight excluding hydrogens is 234 g/mol. The van der Waals surface area contributed by atoms with Crippen molar-refractivity contribution in [3.8, 4) is 11.3 Å². The second-order valence-electron chi connectivity index (χ2n) is 4.27. The van der Waals surface area contributed by atoms with Gasteiger partial charge in [-0.25, -0.2) is 0 Å². The molecule has 2 aromatic rings. The summed E-state index contributed by atoms with van der Waals surface area (Å²) in [5, 5.41) is 13.9. The fraction of sp³-hybridized carbons (Fsp3) is 0.333. The summed E-state index contributed by atoms with van der Waals surface area (Å²) in [4.78, 5) is 12.1. The lowest BCUT2D eigenvalue weighted by Crippen LogP contribution is -2.39. The molecule has 0 aliphatic heterocycles. The molecule has 0 radical (unpaired) electrons. The van der Waals surface area contributed by atoms with E-state index in [1.54, 1.807) is 17.5 Å². The number of thiophene rings is 1. The lowest BCUT2D eigenvalue weighted by Gasteiger charge is -2.26. The topological polar surface area (TPSA) is 57.8 Å². The van der Waals surface area contributed by atoms with E-state index in [2.05, 4.69) is 15.5 Å². The van der Waals surface area contributed by atoms with E-state index < -0.39 is 0 Å². The number of nitrogens with zero attached hydrogens (tertiary/aromatic N) is 1. The Labute approximate surface area is 103 Å². The zero-order valence-electron chi connectivity index (χ0n) is 9.27. The van der Waals surface area contributed by atoms with Crippen LogP contribution in [0.2, 0.25) is 0 Å². The molecule has 17 heavy (non-hydrogen) atoms. The Hall–Kier alpha value is -1.62. The fourth-order valence-electron chi connectivity index (χ4n) is 1.90. The lowest BCUT2D eigenvalue weighted by molar-refractivity contribution is 0.0917. The van der Waals surface area contributed by atoms with E-state index in [9.17, 15) is 4.79 Å². The molecular formula is C12H13N3OS. The van der Waals surface area contributed by atoms with Gasteiger partial charge in [-0.2, -0.15) is 16.4 Å². The second-order valence-corrected chi connectivity index (χ2v) is 5.05. The SMILES string of the molecule is O=C(NC1CCC1)c1cn[nH]c1-c1ccsc1. The first-order chi connectivity index (χ1) is 8.34. The quantitative estimate of drug-likeness (QED) is 0.875. The van der Waals surface area contributed by atoms with Crippen LogP contribution in [0.5, 0.6) is 0 Å². The summed E-state index contributed by atoms with van der Waals surface area (Å²) in [6.45, 7) is 0. The maximum absolute atomic E-state index is 12.1. The zero-order chi connectivity index (χ0) is 11.7. The first-order valence-corrected chi connectivity index (χ1v) is 6.65. The molecule has 1 aliphatic carbocycles. The Bertz CT molecular complexity index is 514. The summed E-state index contributed by atoms with van der Waals surface area (Å²) in [5.74, 6) is -0.0235. The van der Waals surface area contributed by atoms with E-state index in [-0.39, 0.29) is 5.91 Å². The monoisotopic (exact) mass is 247 g/mol. The van der Waals surface area contributed by atoms with E-state index in [0.717, 1.165) is 24.1 Å². The standard InChI is InChI=1S/C12H13N3OS/c16-12(14-9-2-1-3-9)10-6-13-15-11(10)8-4-5-17-7-8/h4-7,9H,1-3H2,(H,13,15)(H,14,16). The number of H-pyrrole nitrogens is 1. The van der Waals surface area contributed by atoms with Gasteiger partial charge in [0, 0.05) is 17.0 Å². The maximum Gasteiger partial charge on any atom is 0.255 e. The van der Waals surface area contributed by atoms with Gasteiger partial charge in [0.05, 0.1) is 17.5 Å². The number of rotatable bonds is 3. The average molecular weight is 247 g/mol. The van der Waals surface area contributed by atoms with Gasteiger partial charge < -0.3 is 5.32 Å². The molecule has 88 valence electrons. The molecule has 2 heterocycles. The summed E-state index contributed by atoms with van der Waals surface area (Å²) in [7, 11) is 0. The van der Waals surface area contributed by atoms with Gasteiger partial charge >= 0.3 is 0 Å². The fourth-order valence-corrected chi connectivity index (χ4v) is 2.55. The number of carbonyl (C=O) groups excluding carboxylic acids is 1. The molecule has 0 bridgehead atoms. The first kappa shape index (κ1) is 10.5. The predicted molar refractivity (Wildman–Crippen MR) is 67.0 cm³/mol. The molecule has 2 aromatic heterocycles. The van der Waals surface area contributed by atoms with E-state index in [1.165, 1.54) is 6.42 Å². The Morgan fingerprint density at radius 3 is 3.06 bits per heavy atom. The highest BCUT2D eigenvalue weighted by atomic mass is 32.1. The predicted octanol–water partition coefficient (Wildman–Crippen LogP) is 2.42. The molecule has 4 nitrogen and oxygen atoms in total. The molecule has 5 heteroatoms. The Morgan fingerprint density at radius 1 is 1.53 bits per heavy atom. The van der Waals surface area contributed by atoms with Crippen LogP contribution in [0.15, 0.2) is 23.0 Å². The number of hydrogen-bond acceptors (Lipinski definition) is 3. The zero-order valence-corrected chi connectivity index (χ0v) is 10.1. The van der Waals surface area contributed by atoms with Gasteiger partial charge in [-0.3, -0.25) is 9.89 Å². The van der Waals surface area contributed by atoms with Crippen molar-refractivity contribution >= 4 is 17.2 Å². The highest BCUT2D eigenvalue weighted by molar-refractivity contribution is 7.08. The van der Waals surface area contributed by atoms with Crippen LogP contribution in [0.1, 0.15) is 29.6 Å². The van der Waals surface area contributed by atoms with Gasteiger partial charge in [-0.15, -0.1) is 0 Å². The third kappa shape index (κ3) is 1.98. The van der Waals surface area contributed by atoms with Crippen LogP contribution in [0, 0.1) is 0 Å². The van der Waals surface area contributed by atoms with Crippen LogP contribution in [-0.2, 0) is 0 Å². The van der Waals surface area contributed by atoms with Crippen LogP contribution in [0.3, 0.4) is 0 Å². The van der Waals surface area contributed by atoms with Crippen LogP contribution >= 0.6 is 11.3 Å². The number of carbonyl (C=O) groups is 1. The molecule has 0 unspecified atom stereocenters. The number of aromatic nitrogens is 2. The van der Waals surface area contributed by atoms with E-state index in [1.807, 2.05) is 16.8 Å². The Morgan fingerprint density at radius 2 is 2.41 bits per heavy atom. The van der Waals surface area contributed by atoms with Crippen molar-refractivity contribution < 1.29 is 4.79 Å². The molecule has 1 fully saturated rings. The molecule has 3 rings (SSSR count). The normalized spacial score (nSPS) is 15.5. The van der Waals surface area contributed by atoms with Crippen LogP contribution in [0.25, 0.3) is 11.3 Å². The Kier molecular flexibility index (Phi) is 2.68. The van der Waals surface area contributed by atoms with Gasteiger partial charge in [0.25, 0.3) is 5.91 Å². The number of amides is 1. The van der Waals surface area contributed by atoms with Crippen molar-refractivity contribution in [2.24, 2.45) is 0 Å². The van der Waals surface area contributed by atoms with Gasteiger partial charge in [0.1, 0.15) is 0 Å². The molecule has 2 N–H and O–H groups in total. The molecule has 0 saturated heterocycles. The Balaban J connectivity index is 1.83. The third-order valence-corrected chi connectivity index (χ3v) is 3.82. The van der Waals surface area contributed by atoms with E-state index >= 15 is 0 Å². The van der Waals surface area contributed by atoms with Crippen LogP contribution in [-0.4, -0.2) is 22.1 Å². The van der Waals surface area contributed by atoms with Crippen molar-refractivity contribution in [3.05, 3.63) is 28.6 Å². The van der Waals surface area contributed by atoms with Crippen LogP contribution in [0.4, 0.5) is 0 Å².